The first-order chi connectivity index (χ1) is 6.67. The van der Waals surface area contributed by atoms with Crippen molar-refractivity contribution >= 4 is 11.6 Å². The van der Waals surface area contributed by atoms with E-state index in [1.54, 1.807) is 0 Å². The lowest BCUT2D eigenvalue weighted by molar-refractivity contribution is -0.119. The lowest BCUT2D eigenvalue weighted by Gasteiger charge is -2.31. The highest BCUT2D eigenvalue weighted by Crippen LogP contribution is 2.16. The van der Waals surface area contributed by atoms with Gasteiger partial charge in [0.25, 0.3) is 0 Å². The number of hydrogen-bond acceptors (Lipinski definition) is 4. The lowest BCUT2D eigenvalue weighted by Crippen LogP contribution is -2.44. The number of oxime groups is 1. The van der Waals surface area contributed by atoms with E-state index in [2.05, 4.69) is 5.16 Å². The van der Waals surface area contributed by atoms with Gasteiger partial charge in [-0.25, -0.2) is 0 Å². The molecule has 1 unspecified atom stereocenters. The van der Waals surface area contributed by atoms with Gasteiger partial charge in [0.15, 0.2) is 0 Å². The van der Waals surface area contributed by atoms with Gasteiger partial charge in [-0.05, 0) is 6.42 Å². The summed E-state index contributed by atoms with van der Waals surface area (Å²) in [7, 11) is 0. The number of nitrogens with zero attached hydrogens (tertiary/aromatic N) is 2. The fourth-order valence-electron chi connectivity index (χ4n) is 1.85. The van der Waals surface area contributed by atoms with Gasteiger partial charge in [0.05, 0.1) is 12.3 Å². The molecule has 3 N–H and O–H groups in total. The topological polar surface area (TPSA) is 78.9 Å². The van der Waals surface area contributed by atoms with Gasteiger partial charge < -0.3 is 10.9 Å². The second-order valence-electron chi connectivity index (χ2n) is 3.65. The molecule has 0 aromatic heterocycles. The van der Waals surface area contributed by atoms with Crippen molar-refractivity contribution in [3.05, 3.63) is 0 Å². The van der Waals surface area contributed by atoms with Gasteiger partial charge in [0.1, 0.15) is 0 Å². The Bertz CT molecular complexity index is 240. The van der Waals surface area contributed by atoms with Gasteiger partial charge in [0, 0.05) is 25.4 Å². The fraction of sp³-hybridized carbons (Fsp3) is 0.778. The van der Waals surface area contributed by atoms with E-state index in [0.717, 1.165) is 31.6 Å². The van der Waals surface area contributed by atoms with Crippen molar-refractivity contribution < 1.29 is 10.0 Å². The number of rotatable bonds is 3. The first-order valence-corrected chi connectivity index (χ1v) is 4.88. The molecule has 0 aliphatic carbocycles. The van der Waals surface area contributed by atoms with Crippen molar-refractivity contribution in [3.63, 3.8) is 0 Å². The summed E-state index contributed by atoms with van der Waals surface area (Å²) in [5.74, 6) is -0.0441. The summed E-state index contributed by atoms with van der Waals surface area (Å²) in [5.41, 5.74) is 5.96. The number of primary amides is 1. The molecule has 0 bridgehead atoms. The van der Waals surface area contributed by atoms with Crippen LogP contribution in [0.4, 0.5) is 0 Å². The summed E-state index contributed by atoms with van der Waals surface area (Å²) in [6.45, 7) is 3.86. The fourth-order valence-corrected chi connectivity index (χ4v) is 1.85. The van der Waals surface area contributed by atoms with Gasteiger partial charge in [-0.3, -0.25) is 9.69 Å². The maximum atomic E-state index is 10.7. The minimum absolute atomic E-state index is 0.257. The molecule has 1 heterocycles. The van der Waals surface area contributed by atoms with Crippen LogP contribution in [0.25, 0.3) is 0 Å². The number of carbonyl (C=O) groups is 1. The standard InChI is InChI=1S/C9H17N3O2/c1-2-7-5-12(6-9(10)13)4-3-8(7)11-14/h7,14H,2-6H2,1H3,(H2,10,13). The second-order valence-corrected chi connectivity index (χ2v) is 3.65. The Morgan fingerprint density at radius 1 is 1.79 bits per heavy atom. The predicted molar refractivity (Wildman–Crippen MR) is 53.3 cm³/mol. The van der Waals surface area contributed by atoms with Crippen LogP contribution < -0.4 is 5.73 Å². The third kappa shape index (κ3) is 2.70. The van der Waals surface area contributed by atoms with Crippen molar-refractivity contribution in [1.82, 2.24) is 4.90 Å². The maximum absolute atomic E-state index is 10.7. The summed E-state index contributed by atoms with van der Waals surface area (Å²) < 4.78 is 0. The predicted octanol–water partition coefficient (Wildman–Crippen LogP) is 0.0338. The Kier molecular flexibility index (Phi) is 3.88. The molecule has 1 amide bonds. The largest absolute Gasteiger partial charge is 0.411 e. The Morgan fingerprint density at radius 2 is 2.50 bits per heavy atom. The molecule has 1 aliphatic rings. The number of likely N-dealkylation sites (tertiary alicyclic amines) is 1. The molecule has 5 nitrogen and oxygen atoms in total. The molecule has 0 saturated carbocycles. The summed E-state index contributed by atoms with van der Waals surface area (Å²) >= 11 is 0. The Morgan fingerprint density at radius 3 is 3.00 bits per heavy atom. The number of nitrogens with two attached hydrogens (primary N) is 1. The van der Waals surface area contributed by atoms with Crippen LogP contribution in [0, 0.1) is 5.92 Å². The van der Waals surface area contributed by atoms with Gasteiger partial charge >= 0.3 is 0 Å². The zero-order valence-corrected chi connectivity index (χ0v) is 8.44. The molecule has 1 fully saturated rings. The highest BCUT2D eigenvalue weighted by molar-refractivity contribution is 5.87. The van der Waals surface area contributed by atoms with Crippen molar-refractivity contribution in [2.45, 2.75) is 19.8 Å². The van der Waals surface area contributed by atoms with Crippen LogP contribution in [0.2, 0.25) is 0 Å². The first-order valence-electron chi connectivity index (χ1n) is 4.88. The Labute approximate surface area is 83.6 Å². The van der Waals surface area contributed by atoms with Gasteiger partial charge in [-0.15, -0.1) is 0 Å². The zero-order chi connectivity index (χ0) is 10.6. The van der Waals surface area contributed by atoms with E-state index in [4.69, 9.17) is 10.9 Å². The average Bonchev–Trinajstić information content (AvgIpc) is 2.16. The Hall–Kier alpha value is -1.10. The summed E-state index contributed by atoms with van der Waals surface area (Å²) in [6, 6.07) is 0. The van der Waals surface area contributed by atoms with Crippen molar-refractivity contribution in [2.24, 2.45) is 16.8 Å². The van der Waals surface area contributed by atoms with Gasteiger partial charge in [-0.2, -0.15) is 0 Å². The molecule has 14 heavy (non-hydrogen) atoms. The lowest BCUT2D eigenvalue weighted by atomic mass is 9.93. The monoisotopic (exact) mass is 199 g/mol. The highest BCUT2D eigenvalue weighted by atomic mass is 16.4. The van der Waals surface area contributed by atoms with Crippen LogP contribution in [0.15, 0.2) is 5.16 Å². The quantitative estimate of drug-likeness (QED) is 0.497. The molecule has 1 atom stereocenters. The number of piperidine rings is 1. The molecule has 0 aromatic rings. The first kappa shape index (κ1) is 11.0. The van der Waals surface area contributed by atoms with Crippen LogP contribution >= 0.6 is 0 Å². The molecule has 0 spiro atoms. The Balaban J connectivity index is 2.52. The molecule has 0 radical (unpaired) electrons. The number of carbonyl (C=O) groups excluding carboxylic acids is 1. The number of amides is 1. The molecular weight excluding hydrogens is 182 g/mol. The van der Waals surface area contributed by atoms with Crippen molar-refractivity contribution in [1.29, 1.82) is 0 Å². The molecule has 80 valence electrons. The third-order valence-corrected chi connectivity index (χ3v) is 2.63. The van der Waals surface area contributed by atoms with Gasteiger partial charge in [0.2, 0.25) is 5.91 Å². The highest BCUT2D eigenvalue weighted by Gasteiger charge is 2.25. The molecule has 1 rings (SSSR count). The van der Waals surface area contributed by atoms with E-state index in [9.17, 15) is 4.79 Å². The van der Waals surface area contributed by atoms with Crippen LogP contribution in [-0.4, -0.2) is 41.4 Å². The molecular formula is C9H17N3O2. The summed E-state index contributed by atoms with van der Waals surface area (Å²) in [5, 5.41) is 12.0. The normalized spacial score (nSPS) is 26.6. The molecule has 1 aliphatic heterocycles. The zero-order valence-electron chi connectivity index (χ0n) is 8.44. The van der Waals surface area contributed by atoms with E-state index in [-0.39, 0.29) is 11.8 Å². The van der Waals surface area contributed by atoms with Crippen LogP contribution in [0.5, 0.6) is 0 Å². The molecule has 1 saturated heterocycles. The second kappa shape index (κ2) is 4.95. The van der Waals surface area contributed by atoms with E-state index >= 15 is 0 Å². The van der Waals surface area contributed by atoms with Crippen molar-refractivity contribution in [2.75, 3.05) is 19.6 Å². The summed E-state index contributed by atoms with van der Waals surface area (Å²) in [4.78, 5) is 12.7. The van der Waals surface area contributed by atoms with Crippen LogP contribution in [0.3, 0.4) is 0 Å². The van der Waals surface area contributed by atoms with Gasteiger partial charge in [-0.1, -0.05) is 12.1 Å². The minimum atomic E-state index is -0.302. The average molecular weight is 199 g/mol. The molecule has 5 heteroatoms. The van der Waals surface area contributed by atoms with E-state index < -0.39 is 0 Å². The number of hydrogen-bond donors (Lipinski definition) is 2. The smallest absolute Gasteiger partial charge is 0.231 e. The van der Waals surface area contributed by atoms with Crippen LogP contribution in [0.1, 0.15) is 19.8 Å². The summed E-state index contributed by atoms with van der Waals surface area (Å²) in [6.07, 6.45) is 1.65. The van der Waals surface area contributed by atoms with E-state index in [1.807, 2.05) is 11.8 Å². The minimum Gasteiger partial charge on any atom is -0.411 e. The molecule has 0 aromatic carbocycles. The van der Waals surface area contributed by atoms with Crippen molar-refractivity contribution in [3.8, 4) is 0 Å². The maximum Gasteiger partial charge on any atom is 0.231 e. The van der Waals surface area contributed by atoms with E-state index in [1.165, 1.54) is 0 Å². The third-order valence-electron chi connectivity index (χ3n) is 2.63. The van der Waals surface area contributed by atoms with E-state index in [0.29, 0.717) is 6.54 Å². The SMILES string of the molecule is CCC1CN(CC(N)=O)CCC1=NO. The van der Waals surface area contributed by atoms with Crippen LogP contribution in [-0.2, 0) is 4.79 Å².